The number of hydrogen-bond donors (Lipinski definition) is 1. The van der Waals surface area contributed by atoms with E-state index < -0.39 is 12.1 Å². The van der Waals surface area contributed by atoms with Crippen LogP contribution in [0.3, 0.4) is 0 Å². The van der Waals surface area contributed by atoms with Gasteiger partial charge in [0.25, 0.3) is 0 Å². The molecule has 1 aliphatic heterocycles. The van der Waals surface area contributed by atoms with Crippen LogP contribution in [0.4, 0.5) is 0 Å². The molecule has 2 heterocycles. The van der Waals surface area contributed by atoms with Crippen molar-refractivity contribution in [2.45, 2.75) is 46.3 Å². The zero-order valence-electron chi connectivity index (χ0n) is 11.5. The molecule has 0 spiro atoms. The van der Waals surface area contributed by atoms with Crippen molar-refractivity contribution in [3.63, 3.8) is 0 Å². The topological polar surface area (TPSA) is 88.3 Å². The van der Waals surface area contributed by atoms with Crippen LogP contribution >= 0.6 is 0 Å². The summed E-state index contributed by atoms with van der Waals surface area (Å²) in [7, 11) is 0. The van der Waals surface area contributed by atoms with Gasteiger partial charge in [0.05, 0.1) is 6.54 Å². The summed E-state index contributed by atoms with van der Waals surface area (Å²) in [4.78, 5) is 29.8. The first-order chi connectivity index (χ1) is 8.80. The number of nitrogens with one attached hydrogen (secondary N) is 1. The maximum Gasteiger partial charge on any atom is 0.246 e. The van der Waals surface area contributed by atoms with Gasteiger partial charge in [-0.05, 0) is 12.3 Å². The Balaban J connectivity index is 2.24. The Hall–Kier alpha value is -1.92. The summed E-state index contributed by atoms with van der Waals surface area (Å²) in [6.07, 6.45) is 1.20. The van der Waals surface area contributed by atoms with E-state index in [-0.39, 0.29) is 23.8 Å². The standard InChI is InChI=1S/C12H18N4O3/c1-7-10(17)14-9(12(2,3)4)11(18)16(7)5-8-13-6-19-15-8/h6-7,9H,5H2,1-4H3,(H,14,17). The van der Waals surface area contributed by atoms with Gasteiger partial charge in [0.1, 0.15) is 12.1 Å². The highest BCUT2D eigenvalue weighted by Gasteiger charge is 2.43. The van der Waals surface area contributed by atoms with Crippen molar-refractivity contribution in [1.82, 2.24) is 20.4 Å². The molecule has 1 fully saturated rings. The van der Waals surface area contributed by atoms with E-state index in [1.54, 1.807) is 6.92 Å². The molecule has 19 heavy (non-hydrogen) atoms. The number of carbonyl (C=O) groups is 2. The Labute approximate surface area is 111 Å². The van der Waals surface area contributed by atoms with Crippen molar-refractivity contribution in [1.29, 1.82) is 0 Å². The van der Waals surface area contributed by atoms with Crippen LogP contribution in [0.2, 0.25) is 0 Å². The van der Waals surface area contributed by atoms with E-state index in [0.29, 0.717) is 5.82 Å². The lowest BCUT2D eigenvalue weighted by molar-refractivity contribution is -0.152. The van der Waals surface area contributed by atoms with Crippen LogP contribution < -0.4 is 5.32 Å². The van der Waals surface area contributed by atoms with Crippen molar-refractivity contribution in [3.8, 4) is 0 Å². The third-order valence-corrected chi connectivity index (χ3v) is 3.25. The number of aromatic nitrogens is 2. The van der Waals surface area contributed by atoms with E-state index in [1.807, 2.05) is 20.8 Å². The molecular formula is C12H18N4O3. The lowest BCUT2D eigenvalue weighted by atomic mass is 9.84. The Morgan fingerprint density at radius 3 is 2.63 bits per heavy atom. The number of amides is 2. The van der Waals surface area contributed by atoms with Crippen LogP contribution in [0.25, 0.3) is 0 Å². The summed E-state index contributed by atoms with van der Waals surface area (Å²) in [6.45, 7) is 7.61. The first kappa shape index (κ1) is 13.5. The highest BCUT2D eigenvalue weighted by molar-refractivity contribution is 5.97. The summed E-state index contributed by atoms with van der Waals surface area (Å²) in [6, 6.07) is -1.08. The zero-order valence-corrected chi connectivity index (χ0v) is 11.5. The molecule has 2 atom stereocenters. The monoisotopic (exact) mass is 266 g/mol. The minimum atomic E-state index is -0.539. The highest BCUT2D eigenvalue weighted by atomic mass is 16.5. The molecule has 104 valence electrons. The lowest BCUT2D eigenvalue weighted by Crippen LogP contribution is -2.65. The number of rotatable bonds is 2. The summed E-state index contributed by atoms with van der Waals surface area (Å²) in [5.41, 5.74) is -0.345. The van der Waals surface area contributed by atoms with Gasteiger partial charge in [-0.15, -0.1) is 0 Å². The van der Waals surface area contributed by atoms with Gasteiger partial charge in [-0.3, -0.25) is 9.59 Å². The number of carbonyl (C=O) groups excluding carboxylic acids is 2. The van der Waals surface area contributed by atoms with Gasteiger partial charge < -0.3 is 14.7 Å². The quantitative estimate of drug-likeness (QED) is 0.833. The van der Waals surface area contributed by atoms with E-state index in [0.717, 1.165) is 0 Å². The number of hydrogen-bond acceptors (Lipinski definition) is 5. The van der Waals surface area contributed by atoms with Crippen LogP contribution in [-0.2, 0) is 16.1 Å². The molecule has 1 aromatic heterocycles. The zero-order chi connectivity index (χ0) is 14.2. The molecule has 1 aromatic rings. The molecule has 2 rings (SSSR count). The Bertz CT molecular complexity index is 478. The SMILES string of the molecule is CC1C(=O)NC(C(C)(C)C)C(=O)N1Cc1ncon1. The van der Waals surface area contributed by atoms with E-state index in [4.69, 9.17) is 0 Å². The predicted octanol–water partition coefficient (Wildman–Crippen LogP) is 0.331. The minimum absolute atomic E-state index is 0.121. The van der Waals surface area contributed by atoms with Crippen LogP contribution in [0.5, 0.6) is 0 Å². The van der Waals surface area contributed by atoms with E-state index in [2.05, 4.69) is 20.0 Å². The molecule has 0 saturated carbocycles. The molecule has 2 amide bonds. The van der Waals surface area contributed by atoms with Crippen LogP contribution in [-0.4, -0.2) is 38.9 Å². The number of nitrogens with zero attached hydrogens (tertiary/aromatic N) is 3. The van der Waals surface area contributed by atoms with E-state index in [9.17, 15) is 9.59 Å². The van der Waals surface area contributed by atoms with Crippen molar-refractivity contribution >= 4 is 11.8 Å². The van der Waals surface area contributed by atoms with Gasteiger partial charge >= 0.3 is 0 Å². The molecular weight excluding hydrogens is 248 g/mol. The lowest BCUT2D eigenvalue weighted by Gasteiger charge is -2.41. The van der Waals surface area contributed by atoms with Crippen LogP contribution in [0.15, 0.2) is 10.9 Å². The maximum atomic E-state index is 12.5. The largest absolute Gasteiger partial charge is 0.343 e. The van der Waals surface area contributed by atoms with Crippen molar-refractivity contribution in [2.75, 3.05) is 0 Å². The van der Waals surface area contributed by atoms with Gasteiger partial charge in [-0.25, -0.2) is 0 Å². The number of piperazine rings is 1. The van der Waals surface area contributed by atoms with Gasteiger partial charge in [-0.2, -0.15) is 4.98 Å². The third kappa shape index (κ3) is 2.59. The molecule has 7 heteroatoms. The summed E-state index contributed by atoms with van der Waals surface area (Å²) in [5.74, 6) is 0.106. The molecule has 2 unspecified atom stereocenters. The van der Waals surface area contributed by atoms with E-state index in [1.165, 1.54) is 11.3 Å². The smallest absolute Gasteiger partial charge is 0.246 e. The third-order valence-electron chi connectivity index (χ3n) is 3.25. The summed E-state index contributed by atoms with van der Waals surface area (Å²) >= 11 is 0. The molecule has 1 saturated heterocycles. The molecule has 0 aliphatic carbocycles. The van der Waals surface area contributed by atoms with Gasteiger partial charge in [0.2, 0.25) is 18.2 Å². The van der Waals surface area contributed by atoms with Crippen molar-refractivity contribution in [3.05, 3.63) is 12.2 Å². The van der Waals surface area contributed by atoms with Crippen molar-refractivity contribution < 1.29 is 14.1 Å². The first-order valence-corrected chi connectivity index (χ1v) is 6.17. The fourth-order valence-electron chi connectivity index (χ4n) is 2.04. The molecule has 0 radical (unpaired) electrons. The fourth-order valence-corrected chi connectivity index (χ4v) is 2.04. The second-order valence-corrected chi connectivity index (χ2v) is 5.80. The second kappa shape index (κ2) is 4.64. The second-order valence-electron chi connectivity index (χ2n) is 5.80. The fraction of sp³-hybridized carbons (Fsp3) is 0.667. The van der Waals surface area contributed by atoms with Crippen molar-refractivity contribution in [2.24, 2.45) is 5.41 Å². The maximum absolute atomic E-state index is 12.5. The molecule has 1 N–H and O–H groups in total. The molecule has 7 nitrogen and oxygen atoms in total. The molecule has 0 bridgehead atoms. The first-order valence-electron chi connectivity index (χ1n) is 6.17. The van der Waals surface area contributed by atoms with Crippen LogP contribution in [0, 0.1) is 5.41 Å². The van der Waals surface area contributed by atoms with Gasteiger partial charge in [0, 0.05) is 0 Å². The molecule has 1 aliphatic rings. The Morgan fingerprint density at radius 2 is 2.11 bits per heavy atom. The Kier molecular flexibility index (Phi) is 3.30. The normalized spacial score (nSPS) is 24.5. The Morgan fingerprint density at radius 1 is 1.42 bits per heavy atom. The molecule has 0 aromatic carbocycles. The summed E-state index contributed by atoms with van der Waals surface area (Å²) in [5, 5.41) is 6.45. The average molecular weight is 266 g/mol. The predicted molar refractivity (Wildman–Crippen MR) is 65.7 cm³/mol. The average Bonchev–Trinajstić information content (AvgIpc) is 2.80. The summed E-state index contributed by atoms with van der Waals surface area (Å²) < 4.78 is 4.65. The van der Waals surface area contributed by atoms with Gasteiger partial charge in [0.15, 0.2) is 5.82 Å². The minimum Gasteiger partial charge on any atom is -0.343 e. The van der Waals surface area contributed by atoms with E-state index >= 15 is 0 Å². The van der Waals surface area contributed by atoms with Gasteiger partial charge in [-0.1, -0.05) is 25.9 Å². The highest BCUT2D eigenvalue weighted by Crippen LogP contribution is 2.25. The van der Waals surface area contributed by atoms with Crippen LogP contribution in [0.1, 0.15) is 33.5 Å².